The van der Waals surface area contributed by atoms with Gasteiger partial charge in [-0.3, -0.25) is 14.4 Å². The minimum Gasteiger partial charge on any atom is -0.481 e. The largest absolute Gasteiger partial charge is 0.490 e. The zero-order chi connectivity index (χ0) is 27.1. The highest BCUT2D eigenvalue weighted by Gasteiger charge is 2.38. The molecule has 2 aromatic rings. The topological polar surface area (TPSA) is 172 Å². The lowest BCUT2D eigenvalue weighted by atomic mass is 10.0. The Hall–Kier alpha value is -3.68. The molecule has 1 aromatic carbocycles. The molecule has 10 nitrogen and oxygen atoms in total. The van der Waals surface area contributed by atoms with Crippen molar-refractivity contribution in [2.45, 2.75) is 50.7 Å². The number of aryl methyl sites for hydroxylation is 2. The first kappa shape index (κ1) is 30.4. The monoisotopic (exact) mass is 532 g/mol. The molecule has 36 heavy (non-hydrogen) atoms. The van der Waals surface area contributed by atoms with Crippen LogP contribution in [0.25, 0.3) is 0 Å². The molecule has 1 heterocycles. The fourth-order valence-electron chi connectivity index (χ4n) is 2.84. The Kier molecular flexibility index (Phi) is 12.9. The number of nitrogens with one attached hydrogen (secondary N) is 2. The number of anilines is 1. The summed E-state index contributed by atoms with van der Waals surface area (Å²) in [7, 11) is 0. The highest BCUT2D eigenvalue weighted by Crippen LogP contribution is 2.14. The molecule has 0 fully saturated rings. The number of carbonyl (C=O) groups is 4. The van der Waals surface area contributed by atoms with Crippen molar-refractivity contribution in [2.75, 3.05) is 12.3 Å². The van der Waals surface area contributed by atoms with Crippen LogP contribution in [0.2, 0.25) is 0 Å². The van der Waals surface area contributed by atoms with Crippen molar-refractivity contribution in [3.63, 3.8) is 0 Å². The molecule has 0 aliphatic carbocycles. The van der Waals surface area contributed by atoms with Gasteiger partial charge in [-0.2, -0.15) is 13.2 Å². The number of aromatic nitrogens is 1. The third kappa shape index (κ3) is 13.9. The van der Waals surface area contributed by atoms with E-state index in [1.54, 1.807) is 0 Å². The molecule has 198 valence electrons. The van der Waals surface area contributed by atoms with Crippen LogP contribution in [0.3, 0.4) is 0 Å². The predicted octanol–water partition coefficient (Wildman–Crippen LogP) is 2.39. The number of carboxylic acid groups (broad SMARTS) is 2. The van der Waals surface area contributed by atoms with Crippen LogP contribution in [0.5, 0.6) is 0 Å². The number of carboxylic acids is 2. The molecular formula is C22H27F3N4O6S. The summed E-state index contributed by atoms with van der Waals surface area (Å²) in [5, 5.41) is 23.8. The van der Waals surface area contributed by atoms with Gasteiger partial charge < -0.3 is 26.6 Å². The van der Waals surface area contributed by atoms with Gasteiger partial charge in [0, 0.05) is 17.8 Å². The molecule has 0 radical (unpaired) electrons. The Morgan fingerprint density at radius 3 is 2.22 bits per heavy atom. The molecular weight excluding hydrogens is 505 g/mol. The average Bonchev–Trinajstić information content (AvgIpc) is 3.21. The summed E-state index contributed by atoms with van der Waals surface area (Å²) in [4.78, 5) is 48.1. The molecule has 14 heteroatoms. The minimum absolute atomic E-state index is 0.163. The lowest BCUT2D eigenvalue weighted by Crippen LogP contribution is -2.43. The van der Waals surface area contributed by atoms with Gasteiger partial charge in [0.2, 0.25) is 11.8 Å². The first-order valence-corrected chi connectivity index (χ1v) is 11.6. The molecule has 0 saturated carbocycles. The highest BCUT2D eigenvalue weighted by atomic mass is 32.1. The van der Waals surface area contributed by atoms with Crippen molar-refractivity contribution in [2.24, 2.45) is 0 Å². The van der Waals surface area contributed by atoms with Gasteiger partial charge in [0.1, 0.15) is 0 Å². The van der Waals surface area contributed by atoms with E-state index in [-0.39, 0.29) is 25.3 Å². The van der Waals surface area contributed by atoms with Gasteiger partial charge >= 0.3 is 18.1 Å². The number of amides is 2. The molecule has 0 saturated heterocycles. The van der Waals surface area contributed by atoms with E-state index in [1.807, 2.05) is 35.7 Å². The van der Waals surface area contributed by atoms with Gasteiger partial charge in [0.05, 0.1) is 18.7 Å². The summed E-state index contributed by atoms with van der Waals surface area (Å²) in [6.45, 7) is -0.177. The van der Waals surface area contributed by atoms with E-state index in [4.69, 9.17) is 20.7 Å². The Morgan fingerprint density at radius 1 is 1.06 bits per heavy atom. The van der Waals surface area contributed by atoms with E-state index >= 15 is 0 Å². The maximum absolute atomic E-state index is 12.1. The Labute approximate surface area is 208 Å². The molecule has 0 aliphatic heterocycles. The summed E-state index contributed by atoms with van der Waals surface area (Å²) < 4.78 is 31.7. The number of carbonyl (C=O) groups excluding carboxylic acids is 2. The first-order chi connectivity index (χ1) is 16.9. The fraction of sp³-hybridized carbons (Fsp3) is 0.409. The van der Waals surface area contributed by atoms with E-state index in [2.05, 4.69) is 15.6 Å². The lowest BCUT2D eigenvalue weighted by molar-refractivity contribution is -0.192. The standard InChI is InChI=1S/C20H26N4O4S.C2HF3O2/c21-20-24-16(13-29-20)7-4-8-17(25)22-12-18(26)23-15(11-19(27)28)10-9-14-5-2-1-3-6-14;3-2(4,5)1(6)7/h1-3,5-6,13,15H,4,7-12H2,(H2,21,24)(H,22,25)(H,23,26)(H,27,28);(H,6,7)/t15-;/m1./s1. The zero-order valence-electron chi connectivity index (χ0n) is 19.1. The van der Waals surface area contributed by atoms with Crippen molar-refractivity contribution in [3.8, 4) is 0 Å². The predicted molar refractivity (Wildman–Crippen MR) is 125 cm³/mol. The number of rotatable bonds is 12. The van der Waals surface area contributed by atoms with Gasteiger partial charge in [0.25, 0.3) is 0 Å². The minimum atomic E-state index is -5.08. The van der Waals surface area contributed by atoms with Crippen LogP contribution < -0.4 is 16.4 Å². The number of hydrogen-bond acceptors (Lipinski definition) is 7. The second-order valence-electron chi connectivity index (χ2n) is 7.50. The molecule has 0 unspecified atom stereocenters. The van der Waals surface area contributed by atoms with Crippen LogP contribution in [-0.4, -0.2) is 57.7 Å². The van der Waals surface area contributed by atoms with Gasteiger partial charge in [-0.25, -0.2) is 9.78 Å². The first-order valence-electron chi connectivity index (χ1n) is 10.7. The van der Waals surface area contributed by atoms with Crippen LogP contribution in [0, 0.1) is 0 Å². The number of hydrogen-bond donors (Lipinski definition) is 5. The average molecular weight is 533 g/mol. The molecule has 6 N–H and O–H groups in total. The van der Waals surface area contributed by atoms with E-state index in [1.165, 1.54) is 11.3 Å². The molecule has 0 bridgehead atoms. The number of nitrogen functional groups attached to an aromatic ring is 1. The van der Waals surface area contributed by atoms with Crippen molar-refractivity contribution in [1.82, 2.24) is 15.6 Å². The highest BCUT2D eigenvalue weighted by molar-refractivity contribution is 7.13. The van der Waals surface area contributed by atoms with E-state index < -0.39 is 30.1 Å². The van der Waals surface area contributed by atoms with Crippen molar-refractivity contribution >= 4 is 40.2 Å². The molecule has 2 amide bonds. The van der Waals surface area contributed by atoms with E-state index in [0.29, 0.717) is 30.8 Å². The van der Waals surface area contributed by atoms with E-state index in [0.717, 1.165) is 11.3 Å². The van der Waals surface area contributed by atoms with Gasteiger partial charge in [-0.1, -0.05) is 30.3 Å². The summed E-state index contributed by atoms with van der Waals surface area (Å²) in [6, 6.07) is 9.17. The van der Waals surface area contributed by atoms with Crippen LogP contribution in [0.15, 0.2) is 35.7 Å². The van der Waals surface area contributed by atoms with Crippen molar-refractivity contribution in [1.29, 1.82) is 0 Å². The van der Waals surface area contributed by atoms with Gasteiger partial charge in [0.15, 0.2) is 5.13 Å². The van der Waals surface area contributed by atoms with Gasteiger partial charge in [-0.15, -0.1) is 11.3 Å². The Balaban J connectivity index is 0.000000809. The molecule has 0 aliphatic rings. The number of nitrogens with two attached hydrogens (primary N) is 1. The molecule has 2 rings (SSSR count). The molecule has 1 atom stereocenters. The third-order valence-electron chi connectivity index (χ3n) is 4.51. The van der Waals surface area contributed by atoms with Crippen molar-refractivity contribution < 1.29 is 42.6 Å². The maximum atomic E-state index is 12.1. The number of alkyl halides is 3. The summed E-state index contributed by atoms with van der Waals surface area (Å²) >= 11 is 1.36. The smallest absolute Gasteiger partial charge is 0.481 e. The Bertz CT molecular complexity index is 1000. The number of halogens is 3. The summed E-state index contributed by atoms with van der Waals surface area (Å²) in [6.07, 6.45) is -2.55. The zero-order valence-corrected chi connectivity index (χ0v) is 19.9. The van der Waals surface area contributed by atoms with E-state index in [9.17, 15) is 27.6 Å². The number of benzene rings is 1. The molecule has 0 spiro atoms. The Morgan fingerprint density at radius 2 is 1.69 bits per heavy atom. The van der Waals surface area contributed by atoms with Gasteiger partial charge in [-0.05, 0) is 31.2 Å². The fourth-order valence-corrected chi connectivity index (χ4v) is 3.43. The van der Waals surface area contributed by atoms with Crippen molar-refractivity contribution in [3.05, 3.63) is 47.0 Å². The van der Waals surface area contributed by atoms with Crippen LogP contribution in [0.4, 0.5) is 18.3 Å². The second-order valence-corrected chi connectivity index (χ2v) is 8.39. The summed E-state index contributed by atoms with van der Waals surface area (Å²) in [5.74, 6) is -4.37. The number of aliphatic carboxylic acids is 2. The van der Waals surface area contributed by atoms with Crippen LogP contribution in [0.1, 0.15) is 36.9 Å². The maximum Gasteiger partial charge on any atom is 0.490 e. The normalized spacial score (nSPS) is 11.5. The number of thiazole rings is 1. The second kappa shape index (κ2) is 15.3. The van der Waals surface area contributed by atoms with Crippen LogP contribution in [-0.2, 0) is 32.0 Å². The quantitative estimate of drug-likeness (QED) is 0.277. The summed E-state index contributed by atoms with van der Waals surface area (Å²) in [5.41, 5.74) is 7.49. The number of nitrogens with zero attached hydrogens (tertiary/aromatic N) is 1. The third-order valence-corrected chi connectivity index (χ3v) is 5.23. The SMILES string of the molecule is Nc1nc(CCCC(=O)NCC(=O)N[C@H](CCc2ccccc2)CC(=O)O)cs1.O=C(O)C(F)(F)F. The lowest BCUT2D eigenvalue weighted by Gasteiger charge is -2.17. The molecule has 1 aromatic heterocycles. The van der Waals surface area contributed by atoms with Crippen LogP contribution >= 0.6 is 11.3 Å².